The summed E-state index contributed by atoms with van der Waals surface area (Å²) in [6.07, 6.45) is -0.450. The molecule has 0 saturated carbocycles. The molecule has 0 radical (unpaired) electrons. The van der Waals surface area contributed by atoms with Crippen LogP contribution in [0.5, 0.6) is 0 Å². The molecule has 5 nitrogen and oxygen atoms in total. The lowest BCUT2D eigenvalue weighted by molar-refractivity contribution is -0.0371. The van der Waals surface area contributed by atoms with Gasteiger partial charge in [0.2, 0.25) is 0 Å². The molecule has 1 rings (SSSR count). The molecule has 0 aliphatic carbocycles. The first-order chi connectivity index (χ1) is 9.11. The average molecular weight is 284 g/mol. The van der Waals surface area contributed by atoms with Crippen LogP contribution in [0.25, 0.3) is 0 Å². The summed E-state index contributed by atoms with van der Waals surface area (Å²) in [6, 6.07) is 0.350. The van der Waals surface area contributed by atoms with Crippen molar-refractivity contribution < 1.29 is 14.3 Å². The molecule has 0 aromatic rings. The molecule has 1 unspecified atom stereocenters. The fraction of sp³-hybridized carbons (Fsp3) is 0.800. The first-order valence-electron chi connectivity index (χ1n) is 7.13. The zero-order valence-corrected chi connectivity index (χ0v) is 13.6. The topological polar surface area (TPSA) is 42.0 Å². The number of carbonyl (C=O) groups excluding carboxylic acids is 1. The van der Waals surface area contributed by atoms with Crippen LogP contribution >= 0.6 is 0 Å². The Labute approximate surface area is 122 Å². The zero-order chi connectivity index (χ0) is 15.5. The SMILES string of the molecule is C=C(C1CN(C(=O)OC(C)(C)C)CCO1)N(C)C(C)C. The fourth-order valence-electron chi connectivity index (χ4n) is 1.90. The number of hydrogen-bond acceptors (Lipinski definition) is 4. The fourth-order valence-corrected chi connectivity index (χ4v) is 1.90. The second-order valence-corrected chi connectivity index (χ2v) is 6.48. The number of hydrogen-bond donors (Lipinski definition) is 0. The van der Waals surface area contributed by atoms with E-state index in [4.69, 9.17) is 9.47 Å². The summed E-state index contributed by atoms with van der Waals surface area (Å²) in [5.41, 5.74) is 0.421. The lowest BCUT2D eigenvalue weighted by Gasteiger charge is -2.38. The van der Waals surface area contributed by atoms with Gasteiger partial charge in [-0.2, -0.15) is 0 Å². The first-order valence-corrected chi connectivity index (χ1v) is 7.13. The smallest absolute Gasteiger partial charge is 0.410 e. The molecule has 0 spiro atoms. The van der Waals surface area contributed by atoms with Gasteiger partial charge in [-0.15, -0.1) is 0 Å². The third kappa shape index (κ3) is 4.71. The van der Waals surface area contributed by atoms with E-state index in [0.717, 1.165) is 5.70 Å². The molecule has 1 atom stereocenters. The van der Waals surface area contributed by atoms with Crippen LogP contribution in [-0.4, -0.2) is 60.4 Å². The molecule has 0 aromatic carbocycles. The van der Waals surface area contributed by atoms with Crippen molar-refractivity contribution in [2.45, 2.75) is 52.4 Å². The molecule has 0 aromatic heterocycles. The maximum absolute atomic E-state index is 12.1. The van der Waals surface area contributed by atoms with Crippen molar-refractivity contribution in [2.24, 2.45) is 0 Å². The van der Waals surface area contributed by atoms with E-state index in [9.17, 15) is 4.79 Å². The van der Waals surface area contributed by atoms with Crippen LogP contribution in [0.15, 0.2) is 12.3 Å². The highest BCUT2D eigenvalue weighted by atomic mass is 16.6. The normalized spacial score (nSPS) is 19.9. The van der Waals surface area contributed by atoms with Crippen LogP contribution in [0.2, 0.25) is 0 Å². The predicted molar refractivity (Wildman–Crippen MR) is 79.6 cm³/mol. The van der Waals surface area contributed by atoms with Crippen LogP contribution in [0.3, 0.4) is 0 Å². The van der Waals surface area contributed by atoms with E-state index in [0.29, 0.717) is 25.7 Å². The highest BCUT2D eigenvalue weighted by Gasteiger charge is 2.30. The molecular weight excluding hydrogens is 256 g/mol. The van der Waals surface area contributed by atoms with Crippen molar-refractivity contribution in [3.63, 3.8) is 0 Å². The predicted octanol–water partition coefficient (Wildman–Crippen LogP) is 2.48. The third-order valence-corrected chi connectivity index (χ3v) is 3.32. The second-order valence-electron chi connectivity index (χ2n) is 6.48. The number of ether oxygens (including phenoxy) is 2. The molecule has 1 saturated heterocycles. The van der Waals surface area contributed by atoms with Crippen LogP contribution in [0, 0.1) is 0 Å². The number of morpholine rings is 1. The van der Waals surface area contributed by atoms with Gasteiger partial charge in [0, 0.05) is 25.3 Å². The maximum atomic E-state index is 12.1. The Morgan fingerprint density at radius 1 is 1.45 bits per heavy atom. The monoisotopic (exact) mass is 284 g/mol. The summed E-state index contributed by atoms with van der Waals surface area (Å²) >= 11 is 0. The van der Waals surface area contributed by atoms with Crippen molar-refractivity contribution in [1.29, 1.82) is 0 Å². The quantitative estimate of drug-likeness (QED) is 0.798. The molecule has 1 aliphatic rings. The maximum Gasteiger partial charge on any atom is 0.410 e. The number of rotatable bonds is 3. The van der Waals surface area contributed by atoms with Gasteiger partial charge in [0.05, 0.1) is 13.2 Å². The lowest BCUT2D eigenvalue weighted by Crippen LogP contribution is -2.49. The van der Waals surface area contributed by atoms with Crippen LogP contribution in [-0.2, 0) is 9.47 Å². The van der Waals surface area contributed by atoms with E-state index in [-0.39, 0.29) is 12.2 Å². The van der Waals surface area contributed by atoms with Gasteiger partial charge in [-0.05, 0) is 34.6 Å². The first kappa shape index (κ1) is 16.8. The molecule has 1 fully saturated rings. The molecule has 5 heteroatoms. The number of carbonyl (C=O) groups is 1. The summed E-state index contributed by atoms with van der Waals surface area (Å²) in [7, 11) is 1.99. The van der Waals surface area contributed by atoms with Gasteiger partial charge >= 0.3 is 6.09 Å². The van der Waals surface area contributed by atoms with E-state index in [2.05, 4.69) is 25.3 Å². The van der Waals surface area contributed by atoms with Gasteiger partial charge in [0.25, 0.3) is 0 Å². The highest BCUT2D eigenvalue weighted by Crippen LogP contribution is 2.18. The third-order valence-electron chi connectivity index (χ3n) is 3.32. The number of amides is 1. The standard InChI is InChI=1S/C15H28N2O3/c1-11(2)16(7)12(3)13-10-17(8-9-19-13)14(18)20-15(4,5)6/h11,13H,3,8-10H2,1-2,4-7H3. The van der Waals surface area contributed by atoms with Gasteiger partial charge in [0.1, 0.15) is 11.7 Å². The van der Waals surface area contributed by atoms with Crippen LogP contribution in [0.1, 0.15) is 34.6 Å². The minimum atomic E-state index is -0.476. The molecule has 1 amide bonds. The number of likely N-dealkylation sites (N-methyl/N-ethyl adjacent to an activating group) is 1. The van der Waals surface area contributed by atoms with Crippen LogP contribution in [0.4, 0.5) is 4.79 Å². The van der Waals surface area contributed by atoms with E-state index in [1.807, 2.05) is 27.8 Å². The molecule has 1 aliphatic heterocycles. The van der Waals surface area contributed by atoms with Crippen LogP contribution < -0.4 is 0 Å². The Kier molecular flexibility index (Phi) is 5.45. The van der Waals surface area contributed by atoms with Crippen molar-refractivity contribution in [3.8, 4) is 0 Å². The van der Waals surface area contributed by atoms with Crippen molar-refractivity contribution >= 4 is 6.09 Å². The Hall–Kier alpha value is -1.23. The van der Waals surface area contributed by atoms with Crippen molar-refractivity contribution in [3.05, 3.63) is 12.3 Å². The Balaban J connectivity index is 2.63. The molecule has 0 bridgehead atoms. The second kappa shape index (κ2) is 6.48. The summed E-state index contributed by atoms with van der Waals surface area (Å²) < 4.78 is 11.1. The van der Waals surface area contributed by atoms with E-state index in [1.54, 1.807) is 4.90 Å². The van der Waals surface area contributed by atoms with Crippen molar-refractivity contribution in [2.75, 3.05) is 26.7 Å². The summed E-state index contributed by atoms with van der Waals surface area (Å²) in [6.45, 7) is 15.5. The van der Waals surface area contributed by atoms with Gasteiger partial charge in [0.15, 0.2) is 0 Å². The molecular formula is C15H28N2O3. The minimum absolute atomic E-state index is 0.163. The lowest BCUT2D eigenvalue weighted by atomic mass is 10.2. The van der Waals surface area contributed by atoms with Gasteiger partial charge in [-0.3, -0.25) is 0 Å². The molecule has 116 valence electrons. The summed E-state index contributed by atoms with van der Waals surface area (Å²) in [5, 5.41) is 0. The highest BCUT2D eigenvalue weighted by molar-refractivity contribution is 5.68. The Morgan fingerprint density at radius 2 is 2.05 bits per heavy atom. The Morgan fingerprint density at radius 3 is 2.55 bits per heavy atom. The zero-order valence-electron chi connectivity index (χ0n) is 13.6. The minimum Gasteiger partial charge on any atom is -0.444 e. The van der Waals surface area contributed by atoms with Crippen molar-refractivity contribution in [1.82, 2.24) is 9.80 Å². The average Bonchev–Trinajstić information content (AvgIpc) is 2.35. The Bertz CT molecular complexity index is 361. The molecule has 20 heavy (non-hydrogen) atoms. The summed E-state index contributed by atoms with van der Waals surface area (Å²) in [4.78, 5) is 15.9. The van der Waals surface area contributed by atoms with E-state index >= 15 is 0 Å². The van der Waals surface area contributed by atoms with E-state index in [1.165, 1.54) is 0 Å². The largest absolute Gasteiger partial charge is 0.444 e. The molecule has 0 N–H and O–H groups in total. The van der Waals surface area contributed by atoms with Gasteiger partial charge in [-0.1, -0.05) is 6.58 Å². The van der Waals surface area contributed by atoms with Gasteiger partial charge < -0.3 is 19.3 Å². The van der Waals surface area contributed by atoms with E-state index < -0.39 is 5.60 Å². The molecule has 1 heterocycles. The van der Waals surface area contributed by atoms with Gasteiger partial charge in [-0.25, -0.2) is 4.79 Å². The summed E-state index contributed by atoms with van der Waals surface area (Å²) in [5.74, 6) is 0. The number of nitrogens with zero attached hydrogens (tertiary/aromatic N) is 2.